The largest absolute Gasteiger partial charge is 0.506 e. The lowest BCUT2D eigenvalue weighted by molar-refractivity contribution is -0.304. The van der Waals surface area contributed by atoms with Gasteiger partial charge in [0, 0.05) is 17.3 Å². The first-order valence-corrected chi connectivity index (χ1v) is 7.10. The highest BCUT2D eigenvalue weighted by Crippen LogP contribution is 2.26. The van der Waals surface area contributed by atoms with Gasteiger partial charge >= 0.3 is 0 Å². The predicted octanol–water partition coefficient (Wildman–Crippen LogP) is -2.10. The summed E-state index contributed by atoms with van der Waals surface area (Å²) in [5.74, 6) is -0.151. The van der Waals surface area contributed by atoms with Crippen LogP contribution in [0.2, 0.25) is 0 Å². The van der Waals surface area contributed by atoms with Crippen LogP contribution in [0, 0.1) is 6.92 Å². The first-order valence-electron chi connectivity index (χ1n) is 7.10. The van der Waals surface area contributed by atoms with Gasteiger partial charge in [0.15, 0.2) is 6.29 Å². The minimum absolute atomic E-state index is 0.151. The van der Waals surface area contributed by atoms with E-state index < -0.39 is 43.9 Å². The normalized spacial score (nSPS) is 31.3. The molecule has 9 heteroatoms. The molecule has 0 bridgehead atoms. The van der Waals surface area contributed by atoms with Gasteiger partial charge in [0.05, 0.1) is 25.5 Å². The number of nitrogens with zero attached hydrogens (tertiary/aromatic N) is 1. The van der Waals surface area contributed by atoms with Crippen molar-refractivity contribution in [3.8, 4) is 5.75 Å². The van der Waals surface area contributed by atoms with Crippen LogP contribution in [0.15, 0.2) is 6.20 Å². The summed E-state index contributed by atoms with van der Waals surface area (Å²) in [7, 11) is 0. The van der Waals surface area contributed by atoms with Crippen molar-refractivity contribution in [1.29, 1.82) is 0 Å². The van der Waals surface area contributed by atoms with Gasteiger partial charge in [-0.05, 0) is 6.92 Å². The van der Waals surface area contributed by atoms with Crippen LogP contribution in [0.5, 0.6) is 5.75 Å². The summed E-state index contributed by atoms with van der Waals surface area (Å²) in [4.78, 5) is 3.95. The molecule has 6 N–H and O–H groups in total. The minimum Gasteiger partial charge on any atom is -0.506 e. The smallest absolute Gasteiger partial charge is 0.187 e. The van der Waals surface area contributed by atoms with E-state index >= 15 is 0 Å². The van der Waals surface area contributed by atoms with Gasteiger partial charge in [0.2, 0.25) is 0 Å². The molecule has 0 unspecified atom stereocenters. The van der Waals surface area contributed by atoms with Gasteiger partial charge in [-0.3, -0.25) is 4.98 Å². The number of pyridine rings is 1. The highest BCUT2D eigenvalue weighted by Gasteiger charge is 2.44. The molecule has 1 aliphatic rings. The Labute approximate surface area is 132 Å². The third-order valence-corrected chi connectivity index (χ3v) is 3.84. The van der Waals surface area contributed by atoms with Crippen LogP contribution in [-0.2, 0) is 22.7 Å². The van der Waals surface area contributed by atoms with Crippen LogP contribution in [0.1, 0.15) is 16.8 Å². The van der Waals surface area contributed by atoms with E-state index in [1.165, 1.54) is 6.20 Å². The van der Waals surface area contributed by atoms with Gasteiger partial charge in [-0.25, -0.2) is 0 Å². The van der Waals surface area contributed by atoms with Gasteiger partial charge < -0.3 is 40.1 Å². The number of aliphatic hydroxyl groups is 5. The van der Waals surface area contributed by atoms with Crippen molar-refractivity contribution in [2.45, 2.75) is 50.8 Å². The molecule has 23 heavy (non-hydrogen) atoms. The van der Waals surface area contributed by atoms with Gasteiger partial charge in [-0.2, -0.15) is 0 Å². The van der Waals surface area contributed by atoms with Crippen molar-refractivity contribution in [3.05, 3.63) is 23.0 Å². The van der Waals surface area contributed by atoms with Gasteiger partial charge in [-0.1, -0.05) is 0 Å². The standard InChI is InChI=1S/C14H21NO8/c1-6-10(18)8(3-16)7(2-15-6)5-22-14-13(21)12(20)11(19)9(4-17)23-14/h2,9,11-14,16-21H,3-5H2,1H3/t9-,11-,12+,13-,14-/m1/s1. The first-order chi connectivity index (χ1) is 10.9. The van der Waals surface area contributed by atoms with Crippen LogP contribution in [0.4, 0.5) is 0 Å². The fraction of sp³-hybridized carbons (Fsp3) is 0.643. The SMILES string of the molecule is Cc1ncc(CO[C@@H]2O[C@H](CO)[C@@H](O)[C@H](O)[C@H]2O)c(CO)c1O. The Morgan fingerprint density at radius 2 is 1.87 bits per heavy atom. The van der Waals surface area contributed by atoms with Crippen molar-refractivity contribution in [2.75, 3.05) is 6.61 Å². The summed E-state index contributed by atoms with van der Waals surface area (Å²) >= 11 is 0. The van der Waals surface area contributed by atoms with E-state index in [1.807, 2.05) is 0 Å². The maximum absolute atomic E-state index is 9.87. The minimum atomic E-state index is -1.53. The lowest BCUT2D eigenvalue weighted by Crippen LogP contribution is -2.59. The maximum Gasteiger partial charge on any atom is 0.187 e. The molecule has 2 heterocycles. The van der Waals surface area contributed by atoms with Crippen molar-refractivity contribution in [3.63, 3.8) is 0 Å². The quantitative estimate of drug-likeness (QED) is 0.356. The Bertz CT molecular complexity index is 538. The van der Waals surface area contributed by atoms with E-state index in [0.29, 0.717) is 11.3 Å². The molecule has 0 radical (unpaired) electrons. The van der Waals surface area contributed by atoms with Crippen molar-refractivity contribution in [2.24, 2.45) is 0 Å². The summed E-state index contributed by atoms with van der Waals surface area (Å²) < 4.78 is 10.6. The second-order valence-electron chi connectivity index (χ2n) is 5.36. The maximum atomic E-state index is 9.87. The first kappa shape index (κ1) is 18.0. The molecule has 0 amide bonds. The van der Waals surface area contributed by atoms with Gasteiger partial charge in [0.25, 0.3) is 0 Å². The molecule has 1 saturated heterocycles. The molecule has 0 aliphatic carbocycles. The number of rotatable bonds is 5. The molecular formula is C14H21NO8. The summed E-state index contributed by atoms with van der Waals surface area (Å²) in [6, 6.07) is 0. The zero-order valence-electron chi connectivity index (χ0n) is 12.5. The molecule has 1 aliphatic heterocycles. The summed E-state index contributed by atoms with van der Waals surface area (Å²) in [6.07, 6.45) is -5.47. The number of hydrogen-bond donors (Lipinski definition) is 6. The lowest BCUT2D eigenvalue weighted by atomic mass is 9.99. The van der Waals surface area contributed by atoms with Crippen LogP contribution in [0.3, 0.4) is 0 Å². The summed E-state index contributed by atoms with van der Waals surface area (Å²) in [6.45, 7) is 0.429. The van der Waals surface area contributed by atoms with Crippen molar-refractivity contribution >= 4 is 0 Å². The third kappa shape index (κ3) is 3.61. The van der Waals surface area contributed by atoms with Crippen LogP contribution in [0.25, 0.3) is 0 Å². The highest BCUT2D eigenvalue weighted by atomic mass is 16.7. The van der Waals surface area contributed by atoms with Gasteiger partial charge in [0.1, 0.15) is 30.2 Å². The summed E-state index contributed by atoms with van der Waals surface area (Å²) in [5.41, 5.74) is 0.972. The van der Waals surface area contributed by atoms with Crippen molar-refractivity contribution in [1.82, 2.24) is 4.98 Å². The number of aryl methyl sites for hydroxylation is 1. The van der Waals surface area contributed by atoms with Crippen LogP contribution in [-0.4, -0.2) is 72.9 Å². The van der Waals surface area contributed by atoms with E-state index in [4.69, 9.17) is 14.6 Å². The monoisotopic (exact) mass is 331 g/mol. The Morgan fingerprint density at radius 1 is 1.17 bits per heavy atom. The predicted molar refractivity (Wildman–Crippen MR) is 75.1 cm³/mol. The highest BCUT2D eigenvalue weighted by molar-refractivity contribution is 5.39. The number of aliphatic hydroxyl groups excluding tert-OH is 5. The second-order valence-corrected chi connectivity index (χ2v) is 5.36. The Morgan fingerprint density at radius 3 is 2.48 bits per heavy atom. The Balaban J connectivity index is 2.10. The zero-order chi connectivity index (χ0) is 17.1. The number of aromatic nitrogens is 1. The molecule has 9 nitrogen and oxygen atoms in total. The van der Waals surface area contributed by atoms with E-state index in [1.54, 1.807) is 6.92 Å². The number of aromatic hydroxyl groups is 1. The molecule has 0 spiro atoms. The Kier molecular flexibility index (Phi) is 5.87. The third-order valence-electron chi connectivity index (χ3n) is 3.84. The summed E-state index contributed by atoms with van der Waals surface area (Å²) in [5, 5.41) is 57.5. The van der Waals surface area contributed by atoms with E-state index in [-0.39, 0.29) is 17.9 Å². The fourth-order valence-corrected chi connectivity index (χ4v) is 2.36. The average molecular weight is 331 g/mol. The van der Waals surface area contributed by atoms with E-state index in [2.05, 4.69) is 4.98 Å². The fourth-order valence-electron chi connectivity index (χ4n) is 2.36. The molecule has 1 aromatic heterocycles. The van der Waals surface area contributed by atoms with E-state index in [9.17, 15) is 25.5 Å². The molecule has 0 saturated carbocycles. The topological polar surface area (TPSA) is 153 Å². The van der Waals surface area contributed by atoms with Crippen LogP contribution >= 0.6 is 0 Å². The molecule has 130 valence electrons. The molecular weight excluding hydrogens is 310 g/mol. The van der Waals surface area contributed by atoms with Crippen LogP contribution < -0.4 is 0 Å². The molecule has 2 rings (SSSR count). The molecule has 1 fully saturated rings. The average Bonchev–Trinajstić information content (AvgIpc) is 2.55. The zero-order valence-corrected chi connectivity index (χ0v) is 12.5. The van der Waals surface area contributed by atoms with E-state index in [0.717, 1.165) is 0 Å². The lowest BCUT2D eigenvalue weighted by Gasteiger charge is -2.39. The molecule has 0 aromatic carbocycles. The number of ether oxygens (including phenoxy) is 2. The van der Waals surface area contributed by atoms with Crippen molar-refractivity contribution < 1.29 is 40.1 Å². The van der Waals surface area contributed by atoms with Gasteiger partial charge in [-0.15, -0.1) is 0 Å². The molecule has 1 aromatic rings. The molecule has 5 atom stereocenters. The second kappa shape index (κ2) is 7.49. The number of hydrogen-bond acceptors (Lipinski definition) is 9. The Hall–Kier alpha value is -1.33.